The van der Waals surface area contributed by atoms with Gasteiger partial charge in [-0.1, -0.05) is 243 Å². The zero-order valence-electron chi connectivity index (χ0n) is 42.2. The Balaban J connectivity index is 4.52. The first-order valence-corrected chi connectivity index (χ1v) is 27.7. The molecule has 0 fully saturated rings. The molecule has 0 radical (unpaired) electrons. The van der Waals surface area contributed by atoms with E-state index in [1.54, 1.807) is 0 Å². The molecule has 0 aliphatic rings. The second kappa shape index (κ2) is 51.1. The van der Waals surface area contributed by atoms with Gasteiger partial charge in [0.2, 0.25) is 5.91 Å². The molecule has 63 heavy (non-hydrogen) atoms. The topological polar surface area (TPSA) is 95.9 Å². The van der Waals surface area contributed by atoms with Crippen molar-refractivity contribution in [1.29, 1.82) is 0 Å². The van der Waals surface area contributed by atoms with Crippen molar-refractivity contribution in [3.63, 3.8) is 0 Å². The number of nitrogens with one attached hydrogen (secondary N) is 1. The van der Waals surface area contributed by atoms with Crippen molar-refractivity contribution in [3.8, 4) is 0 Å². The lowest BCUT2D eigenvalue weighted by Gasteiger charge is -2.24. The summed E-state index contributed by atoms with van der Waals surface area (Å²) < 4.78 is 5.92. The van der Waals surface area contributed by atoms with Gasteiger partial charge < -0.3 is 20.3 Å². The van der Waals surface area contributed by atoms with E-state index in [9.17, 15) is 19.8 Å². The lowest BCUT2D eigenvalue weighted by Crippen LogP contribution is -2.46. The van der Waals surface area contributed by atoms with Gasteiger partial charge in [-0.15, -0.1) is 0 Å². The van der Waals surface area contributed by atoms with Gasteiger partial charge in [0.25, 0.3) is 0 Å². The van der Waals surface area contributed by atoms with Gasteiger partial charge >= 0.3 is 5.97 Å². The number of rotatable bonds is 50. The van der Waals surface area contributed by atoms with Gasteiger partial charge in [-0.05, 0) is 70.6 Å². The molecule has 370 valence electrons. The van der Waals surface area contributed by atoms with Gasteiger partial charge in [0, 0.05) is 6.42 Å². The highest BCUT2D eigenvalue weighted by Crippen LogP contribution is 2.17. The summed E-state index contributed by atoms with van der Waals surface area (Å²) in [6.07, 6.45) is 60.7. The minimum absolute atomic E-state index is 0.0528. The summed E-state index contributed by atoms with van der Waals surface area (Å²) in [5, 5.41) is 23.8. The predicted molar refractivity (Wildman–Crippen MR) is 273 cm³/mol. The van der Waals surface area contributed by atoms with Crippen molar-refractivity contribution in [2.45, 2.75) is 309 Å². The lowest BCUT2D eigenvalue weighted by atomic mass is 10.0. The van der Waals surface area contributed by atoms with Crippen LogP contribution in [0.25, 0.3) is 0 Å². The second-order valence-electron chi connectivity index (χ2n) is 19.0. The van der Waals surface area contributed by atoms with Crippen LogP contribution < -0.4 is 5.32 Å². The van der Waals surface area contributed by atoms with E-state index in [1.807, 2.05) is 0 Å². The maximum atomic E-state index is 13.2. The summed E-state index contributed by atoms with van der Waals surface area (Å²) in [6, 6.07) is -0.711. The lowest BCUT2D eigenvalue weighted by molar-refractivity contribution is -0.151. The molecule has 6 nitrogen and oxygen atoms in total. The fourth-order valence-electron chi connectivity index (χ4n) is 8.48. The van der Waals surface area contributed by atoms with Crippen LogP contribution in [0, 0.1) is 0 Å². The van der Waals surface area contributed by atoms with Crippen molar-refractivity contribution < 1.29 is 24.5 Å². The maximum absolute atomic E-state index is 13.2. The molecule has 0 aromatic carbocycles. The van der Waals surface area contributed by atoms with Crippen LogP contribution in [0.2, 0.25) is 0 Å². The maximum Gasteiger partial charge on any atom is 0.306 e. The molecule has 6 heteroatoms. The van der Waals surface area contributed by atoms with Crippen LogP contribution in [0.15, 0.2) is 36.5 Å². The Morgan fingerprint density at radius 1 is 0.460 bits per heavy atom. The van der Waals surface area contributed by atoms with Gasteiger partial charge in [0.1, 0.15) is 6.10 Å². The Morgan fingerprint density at radius 2 is 0.825 bits per heavy atom. The fourth-order valence-corrected chi connectivity index (χ4v) is 8.48. The molecule has 0 aromatic heterocycles. The quantitative estimate of drug-likeness (QED) is 0.0245. The number of hydrogen-bond donors (Lipinski definition) is 3. The average Bonchev–Trinajstić information content (AvgIpc) is 3.28. The molecule has 0 aliphatic heterocycles. The van der Waals surface area contributed by atoms with Crippen molar-refractivity contribution in [2.24, 2.45) is 0 Å². The molecule has 0 bridgehead atoms. The number of carbonyl (C=O) groups excluding carboxylic acids is 2. The van der Waals surface area contributed by atoms with Crippen LogP contribution in [0.3, 0.4) is 0 Å². The monoisotopic (exact) mass is 886 g/mol. The number of carbonyl (C=O) groups is 2. The largest absolute Gasteiger partial charge is 0.462 e. The Morgan fingerprint density at radius 3 is 1.25 bits per heavy atom. The van der Waals surface area contributed by atoms with Gasteiger partial charge in [-0.2, -0.15) is 0 Å². The number of allylic oxidation sites excluding steroid dienone is 6. The summed E-state index contributed by atoms with van der Waals surface area (Å²) in [5.74, 6) is -0.511. The molecule has 0 spiro atoms. The standard InChI is InChI=1S/C57H107NO5/c1-4-7-10-13-16-19-22-24-26-27-28-30-32-35-38-41-44-47-50-57(62)63-53(48-45-42-39-36-33-21-18-15-12-9-6-3)51-56(61)58-54(52-59)55(60)49-46-43-40-37-34-31-29-25-23-20-17-14-11-8-5-2/h26-28,30,36,39,53-55,59-60H,4-25,29,31-35,37-38,40-52H2,1-3H3,(H,58,61)/b27-26+,30-28+,39-36-. The van der Waals surface area contributed by atoms with E-state index in [2.05, 4.69) is 62.5 Å². The van der Waals surface area contributed by atoms with E-state index in [4.69, 9.17) is 4.74 Å². The fraction of sp³-hybridized carbons (Fsp3) is 0.860. The first-order chi connectivity index (χ1) is 31.0. The van der Waals surface area contributed by atoms with E-state index >= 15 is 0 Å². The van der Waals surface area contributed by atoms with Crippen LogP contribution in [-0.2, 0) is 14.3 Å². The van der Waals surface area contributed by atoms with Crippen LogP contribution in [0.5, 0.6) is 0 Å². The molecule has 3 unspecified atom stereocenters. The highest BCUT2D eigenvalue weighted by atomic mass is 16.5. The van der Waals surface area contributed by atoms with Gasteiger partial charge in [0.15, 0.2) is 0 Å². The number of unbranched alkanes of at least 4 members (excludes halogenated alkanes) is 33. The Kier molecular flexibility index (Phi) is 49.5. The zero-order valence-corrected chi connectivity index (χ0v) is 42.2. The first kappa shape index (κ1) is 61.1. The van der Waals surface area contributed by atoms with Gasteiger partial charge in [-0.25, -0.2) is 0 Å². The number of aliphatic hydroxyl groups is 2. The minimum atomic E-state index is -0.795. The van der Waals surface area contributed by atoms with Crippen molar-refractivity contribution in [3.05, 3.63) is 36.5 Å². The first-order valence-electron chi connectivity index (χ1n) is 27.7. The van der Waals surface area contributed by atoms with Crippen LogP contribution in [0.1, 0.15) is 290 Å². The zero-order chi connectivity index (χ0) is 45.9. The third kappa shape index (κ3) is 46.4. The highest BCUT2D eigenvalue weighted by molar-refractivity contribution is 5.77. The van der Waals surface area contributed by atoms with Gasteiger partial charge in [0.05, 0.1) is 25.2 Å². The normalized spacial score (nSPS) is 13.4. The molecule has 1 amide bonds. The number of amides is 1. The van der Waals surface area contributed by atoms with Crippen molar-refractivity contribution >= 4 is 11.9 Å². The number of ether oxygens (including phenoxy) is 1. The Bertz CT molecular complexity index is 1040. The Hall–Kier alpha value is -1.92. The smallest absolute Gasteiger partial charge is 0.306 e. The van der Waals surface area contributed by atoms with Crippen molar-refractivity contribution in [1.82, 2.24) is 5.32 Å². The predicted octanol–water partition coefficient (Wildman–Crippen LogP) is 16.8. The van der Waals surface area contributed by atoms with Crippen molar-refractivity contribution in [2.75, 3.05) is 6.61 Å². The summed E-state index contributed by atoms with van der Waals surface area (Å²) >= 11 is 0. The summed E-state index contributed by atoms with van der Waals surface area (Å²) in [4.78, 5) is 26.2. The molecule has 0 saturated heterocycles. The van der Waals surface area contributed by atoms with E-state index < -0.39 is 18.2 Å². The number of esters is 1. The SMILES string of the molecule is CCCCCCCC/C=C\CCCC(CC(=O)NC(CO)C(O)CCCCCCCCCCCCCCCCC)OC(=O)CCCCCCC/C=C/C=C/CCCCCCCCC. The number of hydrogen-bond acceptors (Lipinski definition) is 5. The van der Waals surface area contributed by atoms with Gasteiger partial charge in [-0.3, -0.25) is 9.59 Å². The van der Waals surface area contributed by atoms with Crippen LogP contribution in [0.4, 0.5) is 0 Å². The van der Waals surface area contributed by atoms with E-state index in [-0.39, 0.29) is 24.9 Å². The number of aliphatic hydroxyl groups excluding tert-OH is 2. The van der Waals surface area contributed by atoms with Crippen LogP contribution in [-0.4, -0.2) is 46.9 Å². The minimum Gasteiger partial charge on any atom is -0.462 e. The van der Waals surface area contributed by atoms with E-state index in [0.717, 1.165) is 70.6 Å². The van der Waals surface area contributed by atoms with E-state index in [0.29, 0.717) is 19.3 Å². The molecule has 3 atom stereocenters. The third-order valence-corrected chi connectivity index (χ3v) is 12.7. The second-order valence-corrected chi connectivity index (χ2v) is 19.0. The molecule has 0 saturated carbocycles. The summed E-state index contributed by atoms with van der Waals surface area (Å²) in [6.45, 7) is 6.48. The third-order valence-electron chi connectivity index (χ3n) is 12.7. The summed E-state index contributed by atoms with van der Waals surface area (Å²) in [5.41, 5.74) is 0. The molecule has 3 N–H and O–H groups in total. The van der Waals surface area contributed by atoms with E-state index in [1.165, 1.54) is 173 Å². The Labute approximate surface area is 392 Å². The molecular formula is C57H107NO5. The molecule has 0 rings (SSSR count). The van der Waals surface area contributed by atoms with Crippen LogP contribution >= 0.6 is 0 Å². The highest BCUT2D eigenvalue weighted by Gasteiger charge is 2.24. The average molecular weight is 886 g/mol. The molecular weight excluding hydrogens is 779 g/mol. The summed E-state index contributed by atoms with van der Waals surface area (Å²) in [7, 11) is 0. The molecule has 0 aliphatic carbocycles. The molecule has 0 heterocycles. The molecule has 0 aromatic rings.